The molecular formula is C23H20FNO4S. The van der Waals surface area contributed by atoms with Gasteiger partial charge in [-0.3, -0.25) is 9.52 Å². The van der Waals surface area contributed by atoms with Crippen LogP contribution in [0.4, 0.5) is 4.39 Å². The van der Waals surface area contributed by atoms with Crippen molar-refractivity contribution < 1.29 is 22.3 Å². The van der Waals surface area contributed by atoms with Gasteiger partial charge < -0.3 is 4.74 Å². The van der Waals surface area contributed by atoms with Crippen molar-refractivity contribution in [3.63, 3.8) is 0 Å². The molecule has 1 aliphatic rings. The molecule has 30 heavy (non-hydrogen) atoms. The van der Waals surface area contributed by atoms with Gasteiger partial charge in [0.15, 0.2) is 0 Å². The summed E-state index contributed by atoms with van der Waals surface area (Å²) in [6, 6.07) is 19.6. The second kappa shape index (κ2) is 7.91. The predicted octanol–water partition coefficient (Wildman–Crippen LogP) is 4.10. The molecule has 1 heterocycles. The lowest BCUT2D eigenvalue weighted by atomic mass is 9.92. The van der Waals surface area contributed by atoms with Crippen molar-refractivity contribution in [1.29, 1.82) is 0 Å². The molecular weight excluding hydrogens is 405 g/mol. The van der Waals surface area contributed by atoms with Gasteiger partial charge in [0, 0.05) is 12.3 Å². The monoisotopic (exact) mass is 425 g/mol. The van der Waals surface area contributed by atoms with E-state index in [0.29, 0.717) is 11.3 Å². The quantitative estimate of drug-likeness (QED) is 0.683. The summed E-state index contributed by atoms with van der Waals surface area (Å²) in [5.74, 6) is -0.913. The standard InChI is InChI=1S/C23H20FNO4S/c1-29-22-12-18(8-9-21(22)19-13-23(26)25-30(27,28)14-19)16-5-2-4-15(10-16)17-6-3-7-20(24)11-17/h2-12,19H,13-14H2,1H3,(H,25,26). The first-order valence-electron chi connectivity index (χ1n) is 9.42. The molecule has 3 aromatic carbocycles. The smallest absolute Gasteiger partial charge is 0.235 e. The molecule has 0 bridgehead atoms. The number of halogens is 1. The SMILES string of the molecule is COc1cc(-c2cccc(-c3cccc(F)c3)c2)ccc1C1CC(=O)NS(=O)(=O)C1. The molecule has 1 saturated heterocycles. The van der Waals surface area contributed by atoms with E-state index in [0.717, 1.165) is 22.3 Å². The molecule has 1 N–H and O–H groups in total. The van der Waals surface area contributed by atoms with Crippen LogP contribution in [0.3, 0.4) is 0 Å². The van der Waals surface area contributed by atoms with Crippen molar-refractivity contribution in [3.05, 3.63) is 78.1 Å². The fourth-order valence-corrected chi connectivity index (χ4v) is 5.12. The average Bonchev–Trinajstić information content (AvgIpc) is 2.72. The van der Waals surface area contributed by atoms with E-state index in [1.807, 2.05) is 53.3 Å². The van der Waals surface area contributed by atoms with Crippen LogP contribution in [-0.4, -0.2) is 27.2 Å². The zero-order valence-electron chi connectivity index (χ0n) is 16.3. The molecule has 1 aliphatic heterocycles. The Hall–Kier alpha value is -3.19. The maximum absolute atomic E-state index is 13.6. The van der Waals surface area contributed by atoms with E-state index in [1.54, 1.807) is 6.07 Å². The van der Waals surface area contributed by atoms with Crippen molar-refractivity contribution in [1.82, 2.24) is 4.72 Å². The van der Waals surface area contributed by atoms with Gasteiger partial charge in [-0.2, -0.15) is 0 Å². The van der Waals surface area contributed by atoms with Crippen LogP contribution in [0.2, 0.25) is 0 Å². The summed E-state index contributed by atoms with van der Waals surface area (Å²) in [5.41, 5.74) is 4.12. The van der Waals surface area contributed by atoms with Gasteiger partial charge in [0.25, 0.3) is 0 Å². The summed E-state index contributed by atoms with van der Waals surface area (Å²) in [6.07, 6.45) is 0.0873. The van der Waals surface area contributed by atoms with Gasteiger partial charge in [-0.05, 0) is 52.1 Å². The second-order valence-electron chi connectivity index (χ2n) is 7.26. The second-order valence-corrected chi connectivity index (χ2v) is 9.02. The van der Waals surface area contributed by atoms with Crippen molar-refractivity contribution in [2.24, 2.45) is 0 Å². The minimum Gasteiger partial charge on any atom is -0.496 e. The first kappa shape index (κ1) is 20.1. The van der Waals surface area contributed by atoms with Gasteiger partial charge in [0.05, 0.1) is 12.9 Å². The van der Waals surface area contributed by atoms with E-state index in [-0.39, 0.29) is 18.0 Å². The van der Waals surface area contributed by atoms with Crippen molar-refractivity contribution in [3.8, 4) is 28.0 Å². The highest BCUT2D eigenvalue weighted by molar-refractivity contribution is 7.90. The first-order chi connectivity index (χ1) is 14.3. The number of carbonyl (C=O) groups is 1. The minimum atomic E-state index is -3.64. The highest BCUT2D eigenvalue weighted by Crippen LogP contribution is 2.36. The minimum absolute atomic E-state index is 0.0873. The average molecular weight is 425 g/mol. The third kappa shape index (κ3) is 4.21. The third-order valence-electron chi connectivity index (χ3n) is 5.15. The molecule has 1 unspecified atom stereocenters. The van der Waals surface area contributed by atoms with E-state index in [2.05, 4.69) is 0 Å². The summed E-state index contributed by atoms with van der Waals surface area (Å²) in [7, 11) is -2.13. The number of hydrogen-bond acceptors (Lipinski definition) is 4. The lowest BCUT2D eigenvalue weighted by Gasteiger charge is -2.24. The Morgan fingerprint density at radius 3 is 2.20 bits per heavy atom. The molecule has 0 radical (unpaired) electrons. The number of amides is 1. The Morgan fingerprint density at radius 1 is 0.933 bits per heavy atom. The Labute approximate surface area is 174 Å². The number of nitrogens with one attached hydrogen (secondary N) is 1. The maximum Gasteiger partial charge on any atom is 0.235 e. The van der Waals surface area contributed by atoms with Crippen LogP contribution >= 0.6 is 0 Å². The number of carbonyl (C=O) groups excluding carboxylic acids is 1. The largest absolute Gasteiger partial charge is 0.496 e. The van der Waals surface area contributed by atoms with Crippen LogP contribution in [0.5, 0.6) is 5.75 Å². The van der Waals surface area contributed by atoms with Crippen LogP contribution in [0.1, 0.15) is 17.9 Å². The summed E-state index contributed by atoms with van der Waals surface area (Å²) in [6.45, 7) is 0. The number of sulfonamides is 1. The number of ether oxygens (including phenoxy) is 1. The molecule has 0 aliphatic carbocycles. The molecule has 154 valence electrons. The molecule has 5 nitrogen and oxygen atoms in total. The molecule has 7 heteroatoms. The molecule has 4 rings (SSSR count). The van der Waals surface area contributed by atoms with E-state index in [1.165, 1.54) is 19.2 Å². The van der Waals surface area contributed by atoms with Crippen LogP contribution in [0, 0.1) is 5.82 Å². The fraction of sp³-hybridized carbons (Fsp3) is 0.174. The number of hydrogen-bond donors (Lipinski definition) is 1. The Kier molecular flexibility index (Phi) is 5.30. The van der Waals surface area contributed by atoms with Gasteiger partial charge in [0.1, 0.15) is 11.6 Å². The van der Waals surface area contributed by atoms with Crippen LogP contribution < -0.4 is 9.46 Å². The topological polar surface area (TPSA) is 72.5 Å². The zero-order chi connectivity index (χ0) is 21.3. The molecule has 1 fully saturated rings. The molecule has 1 amide bonds. The molecule has 0 spiro atoms. The van der Waals surface area contributed by atoms with Gasteiger partial charge in [-0.25, -0.2) is 12.8 Å². The summed E-state index contributed by atoms with van der Waals surface area (Å²) in [5, 5.41) is 0. The molecule has 0 aromatic heterocycles. The van der Waals surface area contributed by atoms with Crippen LogP contribution in [-0.2, 0) is 14.8 Å². The first-order valence-corrected chi connectivity index (χ1v) is 11.1. The van der Waals surface area contributed by atoms with E-state index in [9.17, 15) is 17.6 Å². The lowest BCUT2D eigenvalue weighted by molar-refractivity contribution is -0.119. The van der Waals surface area contributed by atoms with Crippen molar-refractivity contribution in [2.45, 2.75) is 12.3 Å². The Balaban J connectivity index is 1.70. The molecule has 1 atom stereocenters. The highest BCUT2D eigenvalue weighted by Gasteiger charge is 2.32. The van der Waals surface area contributed by atoms with Gasteiger partial charge in [0.2, 0.25) is 15.9 Å². The summed E-state index contributed by atoms with van der Waals surface area (Å²) in [4.78, 5) is 11.8. The van der Waals surface area contributed by atoms with E-state index in [4.69, 9.17) is 4.74 Å². The maximum atomic E-state index is 13.6. The normalized spacial score (nSPS) is 17.9. The van der Waals surface area contributed by atoms with Gasteiger partial charge in [-0.1, -0.05) is 42.5 Å². The fourth-order valence-electron chi connectivity index (χ4n) is 3.78. The Bertz CT molecular complexity index is 1220. The highest BCUT2D eigenvalue weighted by atomic mass is 32.2. The molecule has 0 saturated carbocycles. The lowest BCUT2D eigenvalue weighted by Crippen LogP contribution is -2.40. The van der Waals surface area contributed by atoms with Gasteiger partial charge in [-0.15, -0.1) is 0 Å². The van der Waals surface area contributed by atoms with Crippen LogP contribution in [0.15, 0.2) is 66.7 Å². The number of rotatable bonds is 4. The van der Waals surface area contributed by atoms with Crippen molar-refractivity contribution in [2.75, 3.05) is 12.9 Å². The predicted molar refractivity (Wildman–Crippen MR) is 113 cm³/mol. The number of benzene rings is 3. The van der Waals surface area contributed by atoms with E-state index >= 15 is 0 Å². The van der Waals surface area contributed by atoms with Crippen LogP contribution in [0.25, 0.3) is 22.3 Å². The number of methoxy groups -OCH3 is 1. The molecule has 3 aromatic rings. The Morgan fingerprint density at radius 2 is 1.57 bits per heavy atom. The van der Waals surface area contributed by atoms with Crippen molar-refractivity contribution >= 4 is 15.9 Å². The van der Waals surface area contributed by atoms with E-state index < -0.39 is 21.8 Å². The zero-order valence-corrected chi connectivity index (χ0v) is 17.1. The summed E-state index contributed by atoms with van der Waals surface area (Å²) < 4.78 is 45.0. The van der Waals surface area contributed by atoms with Gasteiger partial charge >= 0.3 is 0 Å². The third-order valence-corrected chi connectivity index (χ3v) is 6.53. The summed E-state index contributed by atoms with van der Waals surface area (Å²) >= 11 is 0.